The number of aliphatic hydroxyl groups excluding tert-OH is 2. The van der Waals surface area contributed by atoms with Gasteiger partial charge in [0.2, 0.25) is 0 Å². The monoisotopic (exact) mass is 132 g/mol. The van der Waals surface area contributed by atoms with Gasteiger partial charge in [-0.15, -0.1) is 0 Å². The summed E-state index contributed by atoms with van der Waals surface area (Å²) in [5, 5.41) is 16.5. The number of rotatable bonds is 2. The number of hydrogen-bond acceptors (Lipinski definition) is 4. The van der Waals surface area contributed by atoms with Gasteiger partial charge in [0.25, 0.3) is 0 Å². The van der Waals surface area contributed by atoms with Gasteiger partial charge < -0.3 is 14.9 Å². The highest BCUT2D eigenvalue weighted by molar-refractivity contribution is 5.88. The fourth-order valence-electron chi connectivity index (χ4n) is 0.289. The smallest absolute Gasteiger partial charge is 0.339 e. The van der Waals surface area contributed by atoms with Crippen molar-refractivity contribution in [2.45, 2.75) is 0 Å². The summed E-state index contributed by atoms with van der Waals surface area (Å²) in [7, 11) is 1.17. The van der Waals surface area contributed by atoms with Gasteiger partial charge in [-0.05, 0) is 0 Å². The second-order valence-electron chi connectivity index (χ2n) is 1.30. The van der Waals surface area contributed by atoms with Crippen LogP contribution in [-0.2, 0) is 9.53 Å². The number of hydrogen-bond donors (Lipinski definition) is 2. The summed E-state index contributed by atoms with van der Waals surface area (Å²) >= 11 is 0. The molecule has 2 N–H and O–H groups in total. The maximum absolute atomic E-state index is 10.4. The molecule has 0 spiro atoms. The Morgan fingerprint density at radius 3 is 2.44 bits per heavy atom. The number of methoxy groups -OCH3 is 1. The highest BCUT2D eigenvalue weighted by Crippen LogP contribution is 1.92. The molecule has 4 nitrogen and oxygen atoms in total. The van der Waals surface area contributed by atoms with Gasteiger partial charge in [-0.1, -0.05) is 0 Å². The largest absolute Gasteiger partial charge is 0.515 e. The Bertz CT molecular complexity index is 127. The quantitative estimate of drug-likeness (QED) is 0.304. The lowest BCUT2D eigenvalue weighted by Crippen LogP contribution is -2.07. The Kier molecular flexibility index (Phi) is 3.46. The van der Waals surface area contributed by atoms with Crippen LogP contribution in [0.15, 0.2) is 11.8 Å². The summed E-state index contributed by atoms with van der Waals surface area (Å²) in [5.74, 6) is -0.722. The second-order valence-corrected chi connectivity index (χ2v) is 1.30. The maximum atomic E-state index is 10.4. The van der Waals surface area contributed by atoms with Gasteiger partial charge in [0.1, 0.15) is 0 Å². The first-order chi connectivity index (χ1) is 4.26. The van der Waals surface area contributed by atoms with Crippen molar-refractivity contribution in [2.75, 3.05) is 13.7 Å². The average Bonchev–Trinajstić information content (AvgIpc) is 1.90. The van der Waals surface area contributed by atoms with E-state index in [1.54, 1.807) is 0 Å². The van der Waals surface area contributed by atoms with Crippen LogP contribution in [0.3, 0.4) is 0 Å². The molecule has 0 aromatic heterocycles. The van der Waals surface area contributed by atoms with Crippen molar-refractivity contribution in [3.8, 4) is 0 Å². The first kappa shape index (κ1) is 7.97. The highest BCUT2D eigenvalue weighted by atomic mass is 16.5. The first-order valence-corrected chi connectivity index (χ1v) is 2.28. The zero-order valence-electron chi connectivity index (χ0n) is 5.00. The molecule has 0 radical (unpaired) electrons. The Hall–Kier alpha value is -1.03. The van der Waals surface area contributed by atoms with E-state index in [1.165, 1.54) is 7.11 Å². The number of ether oxygens (including phenoxy) is 1. The zero-order chi connectivity index (χ0) is 7.28. The summed E-state index contributed by atoms with van der Waals surface area (Å²) in [5.41, 5.74) is -0.155. The van der Waals surface area contributed by atoms with Crippen molar-refractivity contribution in [1.29, 1.82) is 0 Å². The molecule has 0 atom stereocenters. The minimum Gasteiger partial charge on any atom is -0.515 e. The van der Waals surface area contributed by atoms with E-state index in [0.717, 1.165) is 0 Å². The predicted octanol–water partition coefficient (Wildman–Crippen LogP) is -0.406. The SMILES string of the molecule is COC(=O)/C(=C/O)CO. The molecule has 0 aliphatic carbocycles. The summed E-state index contributed by atoms with van der Waals surface area (Å²) in [6.07, 6.45) is 0.520. The van der Waals surface area contributed by atoms with Crippen molar-refractivity contribution in [1.82, 2.24) is 0 Å². The fraction of sp³-hybridized carbons (Fsp3) is 0.400. The average molecular weight is 132 g/mol. The first-order valence-electron chi connectivity index (χ1n) is 2.28. The van der Waals surface area contributed by atoms with E-state index < -0.39 is 12.6 Å². The Morgan fingerprint density at radius 1 is 1.78 bits per heavy atom. The van der Waals surface area contributed by atoms with Gasteiger partial charge in [-0.2, -0.15) is 0 Å². The van der Waals surface area contributed by atoms with Gasteiger partial charge in [-0.25, -0.2) is 4.79 Å². The minimum atomic E-state index is -0.722. The molecule has 0 unspecified atom stereocenters. The van der Waals surface area contributed by atoms with E-state index in [4.69, 9.17) is 10.2 Å². The van der Waals surface area contributed by atoms with E-state index in [9.17, 15) is 4.79 Å². The predicted molar refractivity (Wildman–Crippen MR) is 29.8 cm³/mol. The molecule has 0 rings (SSSR count). The van der Waals surface area contributed by atoms with Crippen molar-refractivity contribution in [2.24, 2.45) is 0 Å². The van der Waals surface area contributed by atoms with E-state index >= 15 is 0 Å². The van der Waals surface area contributed by atoms with E-state index in [0.29, 0.717) is 6.26 Å². The summed E-state index contributed by atoms with van der Waals surface area (Å²) in [6, 6.07) is 0. The number of esters is 1. The van der Waals surface area contributed by atoms with E-state index in [1.807, 2.05) is 0 Å². The molecule has 0 saturated heterocycles. The Labute approximate surface area is 52.4 Å². The molecule has 0 amide bonds. The van der Waals surface area contributed by atoms with Gasteiger partial charge in [0.05, 0.1) is 25.6 Å². The molecule has 9 heavy (non-hydrogen) atoms. The zero-order valence-corrected chi connectivity index (χ0v) is 5.00. The van der Waals surface area contributed by atoms with Crippen LogP contribution in [0.1, 0.15) is 0 Å². The van der Waals surface area contributed by atoms with Crippen molar-refractivity contribution < 1.29 is 19.7 Å². The lowest BCUT2D eigenvalue weighted by atomic mass is 10.3. The lowest BCUT2D eigenvalue weighted by Gasteiger charge is -1.96. The molecule has 0 aromatic rings. The van der Waals surface area contributed by atoms with Crippen LogP contribution in [0.4, 0.5) is 0 Å². The minimum absolute atomic E-state index is 0.155. The van der Waals surface area contributed by atoms with Gasteiger partial charge in [0, 0.05) is 0 Å². The molecule has 52 valence electrons. The lowest BCUT2D eigenvalue weighted by molar-refractivity contribution is -0.136. The summed E-state index contributed by atoms with van der Waals surface area (Å²) in [4.78, 5) is 10.4. The molecule has 0 aromatic carbocycles. The van der Waals surface area contributed by atoms with Gasteiger partial charge in [-0.3, -0.25) is 0 Å². The molecular formula is C5H8O4. The van der Waals surface area contributed by atoms with Gasteiger partial charge in [0.15, 0.2) is 0 Å². The van der Waals surface area contributed by atoms with Crippen LogP contribution in [0.5, 0.6) is 0 Å². The Morgan fingerprint density at radius 2 is 2.33 bits per heavy atom. The molecule has 0 heterocycles. The molecule has 0 aliphatic rings. The third kappa shape index (κ3) is 2.14. The highest BCUT2D eigenvalue weighted by Gasteiger charge is 2.06. The third-order valence-corrected chi connectivity index (χ3v) is 0.774. The van der Waals surface area contributed by atoms with Crippen molar-refractivity contribution >= 4 is 5.97 Å². The topological polar surface area (TPSA) is 66.8 Å². The summed E-state index contributed by atoms with van der Waals surface area (Å²) in [6.45, 7) is -0.511. The van der Waals surface area contributed by atoms with E-state index in [-0.39, 0.29) is 5.57 Å². The number of carbonyl (C=O) groups is 1. The molecule has 4 heteroatoms. The normalized spacial score (nSPS) is 11.1. The van der Waals surface area contributed by atoms with Crippen molar-refractivity contribution in [3.05, 3.63) is 11.8 Å². The standard InChI is InChI=1S/C5H8O4/c1-9-5(8)4(2-6)3-7/h2,6-7H,3H2,1H3/b4-2+. The Balaban J connectivity index is 3.97. The maximum Gasteiger partial charge on any atom is 0.339 e. The van der Waals surface area contributed by atoms with Crippen LogP contribution in [0.25, 0.3) is 0 Å². The number of carbonyl (C=O) groups excluding carboxylic acids is 1. The number of aliphatic hydroxyl groups is 2. The van der Waals surface area contributed by atoms with Crippen LogP contribution < -0.4 is 0 Å². The third-order valence-electron chi connectivity index (χ3n) is 0.774. The summed E-state index contributed by atoms with van der Waals surface area (Å²) < 4.78 is 4.17. The molecule has 0 aliphatic heterocycles. The molecular weight excluding hydrogens is 124 g/mol. The second kappa shape index (κ2) is 3.91. The van der Waals surface area contributed by atoms with Crippen molar-refractivity contribution in [3.63, 3.8) is 0 Å². The molecule has 0 fully saturated rings. The fourth-order valence-corrected chi connectivity index (χ4v) is 0.289. The van der Waals surface area contributed by atoms with Crippen LogP contribution in [0.2, 0.25) is 0 Å². The van der Waals surface area contributed by atoms with Gasteiger partial charge >= 0.3 is 5.97 Å². The van der Waals surface area contributed by atoms with E-state index in [2.05, 4.69) is 4.74 Å². The molecule has 0 bridgehead atoms. The molecule has 0 saturated carbocycles. The van der Waals surface area contributed by atoms with Crippen LogP contribution >= 0.6 is 0 Å². The van der Waals surface area contributed by atoms with Crippen LogP contribution in [-0.4, -0.2) is 29.9 Å². The van der Waals surface area contributed by atoms with Crippen LogP contribution in [0, 0.1) is 0 Å².